The van der Waals surface area contributed by atoms with Crippen LogP contribution in [0.4, 0.5) is 24.5 Å². The van der Waals surface area contributed by atoms with Crippen LogP contribution in [0.3, 0.4) is 0 Å². The fourth-order valence-corrected chi connectivity index (χ4v) is 5.26. The van der Waals surface area contributed by atoms with Gasteiger partial charge in [-0.2, -0.15) is 9.50 Å². The molecule has 2 N–H and O–H groups in total. The van der Waals surface area contributed by atoms with Crippen molar-refractivity contribution in [2.75, 3.05) is 36.4 Å². The number of ether oxygens (including phenoxy) is 1. The number of alkyl halides is 3. The molecule has 214 valence electrons. The lowest BCUT2D eigenvalue weighted by atomic mass is 10.1. The highest BCUT2D eigenvalue weighted by Gasteiger charge is 2.31. The molecule has 1 fully saturated rings. The van der Waals surface area contributed by atoms with Gasteiger partial charge in [-0.3, -0.25) is 9.59 Å². The van der Waals surface area contributed by atoms with Crippen molar-refractivity contribution in [3.8, 4) is 5.75 Å². The number of carbonyl (C=O) groups is 1. The van der Waals surface area contributed by atoms with Gasteiger partial charge in [0.15, 0.2) is 5.82 Å². The largest absolute Gasteiger partial charge is 0.573 e. The topological polar surface area (TPSA) is 106 Å². The zero-order valence-electron chi connectivity index (χ0n) is 22.3. The molecule has 3 aromatic rings. The number of aromatic nitrogens is 4. The van der Waals surface area contributed by atoms with E-state index in [0.717, 1.165) is 62.9 Å². The normalized spacial score (nSPS) is 16.5. The summed E-state index contributed by atoms with van der Waals surface area (Å²) in [5.74, 6) is -0.0301. The molecular weight excluding hydrogens is 527 g/mol. The first-order valence-electron chi connectivity index (χ1n) is 13.6. The second-order valence-electron chi connectivity index (χ2n) is 9.87. The molecule has 1 aliphatic carbocycles. The monoisotopic (exact) mass is 559 g/mol. The first-order valence-corrected chi connectivity index (χ1v) is 13.6. The van der Waals surface area contributed by atoms with Crippen molar-refractivity contribution in [1.29, 1.82) is 0 Å². The molecule has 0 spiro atoms. The van der Waals surface area contributed by atoms with Crippen molar-refractivity contribution >= 4 is 28.6 Å². The Bertz CT molecular complexity index is 1460. The number of fused-ring (bicyclic) bond motifs is 1. The van der Waals surface area contributed by atoms with E-state index in [4.69, 9.17) is 4.98 Å². The molecular formula is C27H32F3N7O3. The van der Waals surface area contributed by atoms with E-state index in [2.05, 4.69) is 26.5 Å². The van der Waals surface area contributed by atoms with Crippen LogP contribution in [0.5, 0.6) is 5.75 Å². The number of nitrogens with one attached hydrogen (secondary N) is 2. The molecule has 0 saturated carbocycles. The highest BCUT2D eigenvalue weighted by Crippen LogP contribution is 2.27. The molecule has 1 saturated heterocycles. The number of piperazine rings is 1. The second kappa shape index (κ2) is 11.7. The van der Waals surface area contributed by atoms with Crippen LogP contribution in [0.1, 0.15) is 50.5 Å². The number of halogens is 3. The van der Waals surface area contributed by atoms with Crippen molar-refractivity contribution in [1.82, 2.24) is 24.5 Å². The minimum Gasteiger partial charge on any atom is -0.406 e. The number of nitrogens with zero attached hydrogens (tertiary/aromatic N) is 5. The Morgan fingerprint density at radius 2 is 1.88 bits per heavy atom. The first kappa shape index (κ1) is 27.7. The third-order valence-corrected chi connectivity index (χ3v) is 7.10. The summed E-state index contributed by atoms with van der Waals surface area (Å²) in [5, 5.41) is 10.6. The van der Waals surface area contributed by atoms with Crippen LogP contribution in [-0.2, 0) is 17.8 Å². The Hall–Kier alpha value is -3.87. The van der Waals surface area contributed by atoms with Gasteiger partial charge in [-0.25, -0.2) is 0 Å². The summed E-state index contributed by atoms with van der Waals surface area (Å²) in [6.07, 6.45) is 2.80. The molecule has 0 radical (unpaired) electrons. The van der Waals surface area contributed by atoms with Crippen LogP contribution in [0.25, 0.3) is 11.4 Å². The standard InChI is InChI=1S/C27H32F3N7O3/c1-2-21-23(35-15-13-31-14-16-35)25(39)37-26(33-24(34-37)18-7-5-3-4-6-8-18)36(21)17-22(38)32-19-9-11-20(12-10-19)40-27(28,29)30/h7,9-12,31H,2-6,8,13-17H2,1H3,(H,32,38). The summed E-state index contributed by atoms with van der Waals surface area (Å²) >= 11 is 0. The Kier molecular flexibility index (Phi) is 8.10. The van der Waals surface area contributed by atoms with Gasteiger partial charge in [0, 0.05) is 31.9 Å². The van der Waals surface area contributed by atoms with E-state index < -0.39 is 12.3 Å². The molecule has 1 aromatic carbocycles. The number of carbonyl (C=O) groups excluding carboxylic acids is 1. The van der Waals surface area contributed by atoms with Gasteiger partial charge >= 0.3 is 6.36 Å². The van der Waals surface area contributed by atoms with Crippen LogP contribution in [0.15, 0.2) is 35.1 Å². The lowest BCUT2D eigenvalue weighted by Gasteiger charge is -2.31. The molecule has 0 bridgehead atoms. The number of hydrogen-bond donors (Lipinski definition) is 2. The Morgan fingerprint density at radius 1 is 1.12 bits per heavy atom. The summed E-state index contributed by atoms with van der Waals surface area (Å²) in [6.45, 7) is 4.49. The van der Waals surface area contributed by atoms with Crippen molar-refractivity contribution in [3.63, 3.8) is 0 Å². The molecule has 40 heavy (non-hydrogen) atoms. The molecule has 2 aromatic heterocycles. The summed E-state index contributed by atoms with van der Waals surface area (Å²) in [6, 6.07) is 4.93. The molecule has 0 atom stereocenters. The van der Waals surface area contributed by atoms with Gasteiger partial charge in [-0.05, 0) is 61.9 Å². The Morgan fingerprint density at radius 3 is 2.58 bits per heavy atom. The van der Waals surface area contributed by atoms with Gasteiger partial charge in [-0.1, -0.05) is 19.4 Å². The molecule has 1 amide bonds. The van der Waals surface area contributed by atoms with Gasteiger partial charge in [0.2, 0.25) is 11.7 Å². The molecule has 1 aliphatic heterocycles. The van der Waals surface area contributed by atoms with E-state index in [1.165, 1.54) is 16.6 Å². The summed E-state index contributed by atoms with van der Waals surface area (Å²) in [7, 11) is 0. The smallest absolute Gasteiger partial charge is 0.406 e. The van der Waals surface area contributed by atoms with E-state index in [1.54, 1.807) is 4.57 Å². The zero-order chi connectivity index (χ0) is 28.3. The average Bonchev–Trinajstić information content (AvgIpc) is 3.19. The molecule has 0 unspecified atom stereocenters. The Balaban J connectivity index is 1.52. The fourth-order valence-electron chi connectivity index (χ4n) is 5.26. The maximum atomic E-state index is 13.8. The quantitative estimate of drug-likeness (QED) is 0.454. The lowest BCUT2D eigenvalue weighted by molar-refractivity contribution is -0.274. The van der Waals surface area contributed by atoms with Crippen LogP contribution < -0.4 is 25.8 Å². The maximum absolute atomic E-state index is 13.8. The van der Waals surface area contributed by atoms with E-state index in [1.807, 2.05) is 11.8 Å². The second-order valence-corrected chi connectivity index (χ2v) is 9.87. The summed E-state index contributed by atoms with van der Waals surface area (Å²) in [5.41, 5.74) is 2.22. The van der Waals surface area contributed by atoms with Crippen molar-refractivity contribution in [2.24, 2.45) is 0 Å². The van der Waals surface area contributed by atoms with Gasteiger partial charge in [0.25, 0.3) is 5.56 Å². The molecule has 5 rings (SSSR count). The van der Waals surface area contributed by atoms with Gasteiger partial charge in [0.1, 0.15) is 18.0 Å². The van der Waals surface area contributed by atoms with Crippen molar-refractivity contribution in [3.05, 3.63) is 52.2 Å². The lowest BCUT2D eigenvalue weighted by Crippen LogP contribution is -2.47. The van der Waals surface area contributed by atoms with Crippen LogP contribution >= 0.6 is 0 Å². The van der Waals surface area contributed by atoms with Crippen LogP contribution in [0.2, 0.25) is 0 Å². The molecule has 3 heterocycles. The Labute approximate surface area is 228 Å². The fraction of sp³-hybridized carbons (Fsp3) is 0.481. The predicted molar refractivity (Wildman–Crippen MR) is 145 cm³/mol. The summed E-state index contributed by atoms with van der Waals surface area (Å²) in [4.78, 5) is 33.8. The van der Waals surface area contributed by atoms with Crippen molar-refractivity contribution in [2.45, 2.75) is 58.4 Å². The minimum atomic E-state index is -4.80. The molecule has 10 nitrogen and oxygen atoms in total. The number of amides is 1. The molecule has 13 heteroatoms. The average molecular weight is 560 g/mol. The highest BCUT2D eigenvalue weighted by atomic mass is 19.4. The van der Waals surface area contributed by atoms with Crippen molar-refractivity contribution < 1.29 is 22.7 Å². The number of benzene rings is 1. The van der Waals surface area contributed by atoms with E-state index in [0.29, 0.717) is 42.4 Å². The maximum Gasteiger partial charge on any atom is 0.573 e. The number of rotatable bonds is 7. The highest BCUT2D eigenvalue weighted by molar-refractivity contribution is 5.91. The summed E-state index contributed by atoms with van der Waals surface area (Å²) < 4.78 is 44.4. The third kappa shape index (κ3) is 6.14. The predicted octanol–water partition coefficient (Wildman–Crippen LogP) is 3.75. The SMILES string of the molecule is CCc1c(N2CCNCC2)c(=O)n2nc(C3=CCCCCC3)nc2n1CC(=O)Nc1ccc(OC(F)(F)F)cc1. The van der Waals surface area contributed by atoms with E-state index in [-0.39, 0.29) is 23.6 Å². The number of hydrogen-bond acceptors (Lipinski definition) is 7. The van der Waals surface area contributed by atoms with Gasteiger partial charge < -0.3 is 24.8 Å². The minimum absolute atomic E-state index is 0.163. The third-order valence-electron chi connectivity index (χ3n) is 7.10. The van der Waals surface area contributed by atoms with Crippen LogP contribution in [0, 0.1) is 0 Å². The number of allylic oxidation sites excluding steroid dienone is 2. The number of anilines is 2. The van der Waals surface area contributed by atoms with Gasteiger partial charge in [0.05, 0.1) is 5.69 Å². The first-order chi connectivity index (χ1) is 19.2. The van der Waals surface area contributed by atoms with Crippen LogP contribution in [-0.4, -0.2) is 57.6 Å². The van der Waals surface area contributed by atoms with Gasteiger partial charge in [-0.15, -0.1) is 18.3 Å². The van der Waals surface area contributed by atoms with E-state index >= 15 is 0 Å². The zero-order valence-corrected chi connectivity index (χ0v) is 22.3. The molecule has 2 aliphatic rings. The van der Waals surface area contributed by atoms with E-state index in [9.17, 15) is 22.8 Å².